The van der Waals surface area contributed by atoms with Crippen molar-refractivity contribution < 1.29 is 4.79 Å². The van der Waals surface area contributed by atoms with Gasteiger partial charge in [0.25, 0.3) is 0 Å². The van der Waals surface area contributed by atoms with Crippen LogP contribution in [-0.4, -0.2) is 25.0 Å². The number of nitrogens with one attached hydrogen (secondary N) is 1. The van der Waals surface area contributed by atoms with Gasteiger partial charge in [0.2, 0.25) is 5.91 Å². The van der Waals surface area contributed by atoms with Crippen LogP contribution >= 0.6 is 0 Å². The van der Waals surface area contributed by atoms with E-state index in [2.05, 4.69) is 34.5 Å². The topological polar surface area (TPSA) is 32.3 Å². The Morgan fingerprint density at radius 2 is 1.39 bits per heavy atom. The number of nitrogens with zero attached hydrogens (tertiary/aromatic N) is 1. The Balaban J connectivity index is 1.49. The van der Waals surface area contributed by atoms with E-state index in [-0.39, 0.29) is 11.8 Å². The monoisotopic (exact) mass is 370 g/mol. The average molecular weight is 370 g/mol. The van der Waals surface area contributed by atoms with Gasteiger partial charge < -0.3 is 10.2 Å². The van der Waals surface area contributed by atoms with Gasteiger partial charge in [-0.25, -0.2) is 0 Å². The summed E-state index contributed by atoms with van der Waals surface area (Å²) < 4.78 is 0. The van der Waals surface area contributed by atoms with E-state index in [0.29, 0.717) is 12.6 Å². The van der Waals surface area contributed by atoms with Crippen LogP contribution in [0.15, 0.2) is 91.0 Å². The fourth-order valence-electron chi connectivity index (χ4n) is 4.11. The molecule has 3 aromatic carbocycles. The number of amides is 1. The number of benzene rings is 3. The molecule has 1 heterocycles. The summed E-state index contributed by atoms with van der Waals surface area (Å²) in [6.07, 6.45) is 2.27. The third kappa shape index (κ3) is 4.09. The third-order valence-corrected chi connectivity index (χ3v) is 5.50. The van der Waals surface area contributed by atoms with Crippen molar-refractivity contribution in [3.8, 4) is 0 Å². The van der Waals surface area contributed by atoms with Crippen LogP contribution in [0.1, 0.15) is 29.9 Å². The molecule has 142 valence electrons. The summed E-state index contributed by atoms with van der Waals surface area (Å²) in [7, 11) is 0. The lowest BCUT2D eigenvalue weighted by Crippen LogP contribution is -2.42. The standard InChI is InChI=1S/C25H26N2O/c28-25(24(20-11-4-1-5-12-20)21-13-6-2-7-14-21)26-19-23-17-10-18-27(23)22-15-8-3-9-16-22/h1-9,11-16,23-24H,10,17-19H2,(H,26,28). The number of hydrogen-bond acceptors (Lipinski definition) is 2. The van der Waals surface area contributed by atoms with Crippen LogP contribution in [0, 0.1) is 0 Å². The van der Waals surface area contributed by atoms with Crippen LogP contribution < -0.4 is 10.2 Å². The van der Waals surface area contributed by atoms with Gasteiger partial charge in [-0.05, 0) is 36.1 Å². The molecule has 1 saturated heterocycles. The molecule has 28 heavy (non-hydrogen) atoms. The minimum atomic E-state index is -0.283. The molecule has 0 radical (unpaired) electrons. The summed E-state index contributed by atoms with van der Waals surface area (Å²) >= 11 is 0. The Morgan fingerprint density at radius 1 is 0.857 bits per heavy atom. The molecule has 1 fully saturated rings. The molecule has 1 atom stereocenters. The maximum absolute atomic E-state index is 13.2. The molecule has 4 rings (SSSR count). The molecule has 0 aliphatic carbocycles. The van der Waals surface area contributed by atoms with Gasteiger partial charge in [-0.15, -0.1) is 0 Å². The Bertz CT molecular complexity index is 841. The van der Waals surface area contributed by atoms with Gasteiger partial charge in [-0.1, -0.05) is 78.9 Å². The lowest BCUT2D eigenvalue weighted by atomic mass is 9.90. The van der Waals surface area contributed by atoms with Crippen molar-refractivity contribution in [1.82, 2.24) is 5.32 Å². The Labute approximate surface area is 167 Å². The van der Waals surface area contributed by atoms with E-state index in [1.165, 1.54) is 5.69 Å². The molecule has 1 unspecified atom stereocenters. The molecular weight excluding hydrogens is 344 g/mol. The highest BCUT2D eigenvalue weighted by Crippen LogP contribution is 2.27. The normalized spacial score (nSPS) is 16.3. The lowest BCUT2D eigenvalue weighted by Gasteiger charge is -2.28. The number of carbonyl (C=O) groups is 1. The molecule has 0 spiro atoms. The fourth-order valence-corrected chi connectivity index (χ4v) is 4.11. The third-order valence-electron chi connectivity index (χ3n) is 5.50. The molecule has 1 amide bonds. The van der Waals surface area contributed by atoms with Crippen molar-refractivity contribution >= 4 is 11.6 Å². The van der Waals surface area contributed by atoms with Crippen molar-refractivity contribution in [1.29, 1.82) is 0 Å². The second-order valence-electron chi connectivity index (χ2n) is 7.32. The van der Waals surface area contributed by atoms with E-state index < -0.39 is 0 Å². The SMILES string of the molecule is O=C(NCC1CCCN1c1ccccc1)C(c1ccccc1)c1ccccc1. The molecule has 0 saturated carbocycles. The molecule has 1 aliphatic rings. The van der Waals surface area contributed by atoms with E-state index in [9.17, 15) is 4.79 Å². The molecule has 1 N–H and O–H groups in total. The van der Waals surface area contributed by atoms with Gasteiger partial charge in [0, 0.05) is 24.8 Å². The molecular formula is C25H26N2O. The van der Waals surface area contributed by atoms with Crippen molar-refractivity contribution in [2.75, 3.05) is 18.0 Å². The number of rotatable bonds is 6. The number of para-hydroxylation sites is 1. The highest BCUT2D eigenvalue weighted by molar-refractivity contribution is 5.87. The Kier molecular flexibility index (Phi) is 5.72. The van der Waals surface area contributed by atoms with Crippen molar-refractivity contribution in [3.05, 3.63) is 102 Å². The van der Waals surface area contributed by atoms with Crippen LogP contribution in [0.4, 0.5) is 5.69 Å². The minimum Gasteiger partial charge on any atom is -0.367 e. The second-order valence-corrected chi connectivity index (χ2v) is 7.32. The van der Waals surface area contributed by atoms with E-state index in [1.807, 2.05) is 66.7 Å². The van der Waals surface area contributed by atoms with Crippen LogP contribution in [-0.2, 0) is 4.79 Å². The molecule has 0 bridgehead atoms. The zero-order chi connectivity index (χ0) is 19.2. The van der Waals surface area contributed by atoms with Gasteiger partial charge >= 0.3 is 0 Å². The largest absolute Gasteiger partial charge is 0.367 e. The van der Waals surface area contributed by atoms with E-state index in [0.717, 1.165) is 30.5 Å². The molecule has 1 aliphatic heterocycles. The minimum absolute atomic E-state index is 0.0670. The highest BCUT2D eigenvalue weighted by Gasteiger charge is 2.27. The molecule has 3 aromatic rings. The average Bonchev–Trinajstić information content (AvgIpc) is 3.23. The van der Waals surface area contributed by atoms with E-state index in [1.54, 1.807) is 0 Å². The Hall–Kier alpha value is -3.07. The van der Waals surface area contributed by atoms with Crippen molar-refractivity contribution in [2.24, 2.45) is 0 Å². The second kappa shape index (κ2) is 8.75. The summed E-state index contributed by atoms with van der Waals surface area (Å²) in [4.78, 5) is 15.6. The predicted octanol–water partition coefficient (Wildman–Crippen LogP) is 4.60. The highest BCUT2D eigenvalue weighted by atomic mass is 16.1. The summed E-state index contributed by atoms with van der Waals surface area (Å²) in [5.74, 6) is -0.216. The Morgan fingerprint density at radius 3 is 1.96 bits per heavy atom. The first-order valence-electron chi connectivity index (χ1n) is 10.0. The summed E-state index contributed by atoms with van der Waals surface area (Å²) in [6.45, 7) is 1.72. The van der Waals surface area contributed by atoms with Gasteiger partial charge in [0.05, 0.1) is 5.92 Å². The zero-order valence-electron chi connectivity index (χ0n) is 16.0. The lowest BCUT2D eigenvalue weighted by molar-refractivity contribution is -0.121. The number of hydrogen-bond donors (Lipinski definition) is 1. The zero-order valence-corrected chi connectivity index (χ0v) is 16.0. The smallest absolute Gasteiger partial charge is 0.232 e. The number of carbonyl (C=O) groups excluding carboxylic acids is 1. The quantitative estimate of drug-likeness (QED) is 0.687. The van der Waals surface area contributed by atoms with Crippen LogP contribution in [0.5, 0.6) is 0 Å². The first kappa shape index (κ1) is 18.3. The molecule has 0 aromatic heterocycles. The fraction of sp³-hybridized carbons (Fsp3) is 0.240. The van der Waals surface area contributed by atoms with Crippen molar-refractivity contribution in [2.45, 2.75) is 24.8 Å². The van der Waals surface area contributed by atoms with E-state index >= 15 is 0 Å². The first-order chi connectivity index (χ1) is 13.8. The van der Waals surface area contributed by atoms with Crippen LogP contribution in [0.2, 0.25) is 0 Å². The van der Waals surface area contributed by atoms with E-state index in [4.69, 9.17) is 0 Å². The maximum atomic E-state index is 13.2. The maximum Gasteiger partial charge on any atom is 0.232 e. The number of anilines is 1. The van der Waals surface area contributed by atoms with Crippen LogP contribution in [0.25, 0.3) is 0 Å². The van der Waals surface area contributed by atoms with Crippen molar-refractivity contribution in [3.63, 3.8) is 0 Å². The predicted molar refractivity (Wildman–Crippen MR) is 115 cm³/mol. The summed E-state index contributed by atoms with van der Waals surface area (Å²) in [6, 6.07) is 30.9. The van der Waals surface area contributed by atoms with Gasteiger partial charge in [0.1, 0.15) is 0 Å². The van der Waals surface area contributed by atoms with Crippen LogP contribution in [0.3, 0.4) is 0 Å². The first-order valence-corrected chi connectivity index (χ1v) is 10.0. The van der Waals surface area contributed by atoms with Gasteiger partial charge in [-0.3, -0.25) is 4.79 Å². The van der Waals surface area contributed by atoms with Gasteiger partial charge in [-0.2, -0.15) is 0 Å². The summed E-state index contributed by atoms with van der Waals surface area (Å²) in [5, 5.41) is 3.24. The molecule has 3 heteroatoms. The summed E-state index contributed by atoms with van der Waals surface area (Å²) in [5.41, 5.74) is 3.29. The molecule has 3 nitrogen and oxygen atoms in total. The van der Waals surface area contributed by atoms with Gasteiger partial charge in [0.15, 0.2) is 0 Å².